The number of nitrogens with two attached hydrogens (primary N) is 1. The Hall–Kier alpha value is -1.05. The molecule has 1 aliphatic rings. The van der Waals surface area contributed by atoms with Crippen LogP contribution in [0.3, 0.4) is 0 Å². The van der Waals surface area contributed by atoms with Gasteiger partial charge in [0, 0.05) is 17.1 Å². The van der Waals surface area contributed by atoms with Crippen LogP contribution in [0.1, 0.15) is 12.8 Å². The summed E-state index contributed by atoms with van der Waals surface area (Å²) in [7, 11) is 0. The minimum atomic E-state index is -0.839. The van der Waals surface area contributed by atoms with E-state index in [0.717, 1.165) is 6.07 Å². The van der Waals surface area contributed by atoms with Crippen molar-refractivity contribution in [3.63, 3.8) is 0 Å². The van der Waals surface area contributed by atoms with Crippen molar-refractivity contribution in [2.45, 2.75) is 25.0 Å². The van der Waals surface area contributed by atoms with Crippen molar-refractivity contribution >= 4 is 27.5 Å². The Balaban J connectivity index is 2.08. The lowest BCUT2D eigenvalue weighted by atomic mass is 10.2. The van der Waals surface area contributed by atoms with Crippen LogP contribution in [-0.2, 0) is 9.53 Å². The number of halogens is 3. The first-order valence-electron chi connectivity index (χ1n) is 5.82. The monoisotopic (exact) mass is 334 g/mol. The molecule has 7 heteroatoms. The van der Waals surface area contributed by atoms with Crippen LogP contribution in [-0.4, -0.2) is 24.7 Å². The zero-order valence-electron chi connectivity index (χ0n) is 9.96. The summed E-state index contributed by atoms with van der Waals surface area (Å²) in [6, 6.07) is 1.79. The molecule has 2 atom stereocenters. The van der Waals surface area contributed by atoms with Gasteiger partial charge in [0.15, 0.2) is 5.82 Å². The van der Waals surface area contributed by atoms with Gasteiger partial charge in [0.25, 0.3) is 5.91 Å². The van der Waals surface area contributed by atoms with E-state index in [9.17, 15) is 13.6 Å². The molecule has 0 radical (unpaired) electrons. The minimum Gasteiger partial charge on any atom is -0.364 e. The number of rotatable bonds is 3. The van der Waals surface area contributed by atoms with E-state index in [-0.39, 0.29) is 16.3 Å². The Kier molecular flexibility index (Phi) is 4.49. The molecular formula is C12H13BrF2N2O2. The summed E-state index contributed by atoms with van der Waals surface area (Å²) in [5.41, 5.74) is 5.36. The van der Waals surface area contributed by atoms with Crippen molar-refractivity contribution in [3.05, 3.63) is 28.2 Å². The summed E-state index contributed by atoms with van der Waals surface area (Å²) < 4.78 is 32.0. The Bertz CT molecular complexity index is 476. The first kappa shape index (κ1) is 14.4. The number of carbonyl (C=O) groups is 1. The number of anilines is 1. The van der Waals surface area contributed by atoms with Crippen molar-refractivity contribution in [3.8, 4) is 0 Å². The molecule has 0 aromatic heterocycles. The topological polar surface area (TPSA) is 64.4 Å². The second-order valence-corrected chi connectivity index (χ2v) is 5.15. The van der Waals surface area contributed by atoms with Crippen molar-refractivity contribution in [2.24, 2.45) is 5.73 Å². The lowest BCUT2D eigenvalue weighted by Crippen LogP contribution is -2.30. The van der Waals surface area contributed by atoms with Gasteiger partial charge in [-0.15, -0.1) is 0 Å². The molecule has 1 aromatic carbocycles. The Morgan fingerprint density at radius 2 is 2.21 bits per heavy atom. The molecule has 3 N–H and O–H groups in total. The molecule has 1 amide bonds. The number of benzene rings is 1. The number of hydrogen-bond acceptors (Lipinski definition) is 3. The van der Waals surface area contributed by atoms with Crippen molar-refractivity contribution in [1.82, 2.24) is 0 Å². The van der Waals surface area contributed by atoms with Gasteiger partial charge in [0.1, 0.15) is 11.9 Å². The predicted octanol–water partition coefficient (Wildman–Crippen LogP) is 2.17. The van der Waals surface area contributed by atoms with Crippen LogP contribution in [0.15, 0.2) is 16.6 Å². The number of ether oxygens (including phenoxy) is 1. The van der Waals surface area contributed by atoms with Gasteiger partial charge in [-0.25, -0.2) is 8.78 Å². The smallest absolute Gasteiger partial charge is 0.253 e. The van der Waals surface area contributed by atoms with E-state index < -0.39 is 23.6 Å². The fourth-order valence-electron chi connectivity index (χ4n) is 1.94. The highest BCUT2D eigenvalue weighted by atomic mass is 79.9. The Labute approximate surface area is 117 Å². The van der Waals surface area contributed by atoms with Crippen LogP contribution >= 0.6 is 15.9 Å². The van der Waals surface area contributed by atoms with Crippen LogP contribution in [0.4, 0.5) is 14.5 Å². The molecule has 19 heavy (non-hydrogen) atoms. The summed E-state index contributed by atoms with van der Waals surface area (Å²) in [6.07, 6.45) is 0.442. The van der Waals surface area contributed by atoms with E-state index in [1.165, 1.54) is 0 Å². The Morgan fingerprint density at radius 3 is 2.79 bits per heavy atom. The summed E-state index contributed by atoms with van der Waals surface area (Å²) in [4.78, 5) is 11.9. The third-order valence-electron chi connectivity index (χ3n) is 2.92. The standard InChI is InChI=1S/C12H13BrF2N2O2/c13-8-3-6(14)4-9(15)11(8)17-12(18)10-2-1-7(5-16)19-10/h3-4,7,10H,1-2,5,16H2,(H,17,18). The molecule has 1 fully saturated rings. The fourth-order valence-corrected chi connectivity index (χ4v) is 2.44. The number of nitrogens with one attached hydrogen (secondary N) is 1. The second-order valence-electron chi connectivity index (χ2n) is 4.29. The van der Waals surface area contributed by atoms with Crippen LogP contribution in [0.25, 0.3) is 0 Å². The third-order valence-corrected chi connectivity index (χ3v) is 3.54. The average molecular weight is 335 g/mol. The third kappa shape index (κ3) is 3.29. The lowest BCUT2D eigenvalue weighted by molar-refractivity contribution is -0.126. The minimum absolute atomic E-state index is 0.0915. The highest BCUT2D eigenvalue weighted by Gasteiger charge is 2.30. The maximum Gasteiger partial charge on any atom is 0.253 e. The van der Waals surface area contributed by atoms with Gasteiger partial charge in [0.2, 0.25) is 0 Å². The van der Waals surface area contributed by atoms with Gasteiger partial charge in [-0.3, -0.25) is 4.79 Å². The van der Waals surface area contributed by atoms with Crippen molar-refractivity contribution in [2.75, 3.05) is 11.9 Å². The molecule has 0 saturated carbocycles. The normalized spacial score (nSPS) is 22.5. The van der Waals surface area contributed by atoms with Gasteiger partial charge in [-0.2, -0.15) is 0 Å². The maximum absolute atomic E-state index is 13.6. The average Bonchev–Trinajstić information content (AvgIpc) is 2.82. The summed E-state index contributed by atoms with van der Waals surface area (Å²) in [6.45, 7) is 0.346. The molecule has 2 rings (SSSR count). The van der Waals surface area contributed by atoms with E-state index in [1.807, 2.05) is 0 Å². The summed E-state index contributed by atoms with van der Waals surface area (Å²) >= 11 is 3.01. The maximum atomic E-state index is 13.6. The zero-order valence-corrected chi connectivity index (χ0v) is 11.5. The molecule has 1 aromatic rings. The van der Waals surface area contributed by atoms with Crippen LogP contribution < -0.4 is 11.1 Å². The van der Waals surface area contributed by atoms with Crippen molar-refractivity contribution in [1.29, 1.82) is 0 Å². The van der Waals surface area contributed by atoms with Crippen molar-refractivity contribution < 1.29 is 18.3 Å². The molecular weight excluding hydrogens is 322 g/mol. The van der Waals surface area contributed by atoms with Crippen LogP contribution in [0.2, 0.25) is 0 Å². The Morgan fingerprint density at radius 1 is 1.47 bits per heavy atom. The molecule has 1 saturated heterocycles. The predicted molar refractivity (Wildman–Crippen MR) is 69.6 cm³/mol. The first-order valence-corrected chi connectivity index (χ1v) is 6.61. The molecule has 1 aliphatic heterocycles. The number of amides is 1. The molecule has 0 spiro atoms. The molecule has 2 unspecified atom stereocenters. The number of hydrogen-bond donors (Lipinski definition) is 2. The van der Waals surface area contributed by atoms with Gasteiger partial charge < -0.3 is 15.8 Å². The van der Waals surface area contributed by atoms with Crippen LogP contribution in [0, 0.1) is 11.6 Å². The van der Waals surface area contributed by atoms with E-state index >= 15 is 0 Å². The van der Waals surface area contributed by atoms with Gasteiger partial charge in [0.05, 0.1) is 11.8 Å². The van der Waals surface area contributed by atoms with E-state index in [4.69, 9.17) is 10.5 Å². The largest absolute Gasteiger partial charge is 0.364 e. The van der Waals surface area contributed by atoms with E-state index in [1.54, 1.807) is 0 Å². The second kappa shape index (κ2) is 5.94. The molecule has 4 nitrogen and oxygen atoms in total. The van der Waals surface area contributed by atoms with Gasteiger partial charge >= 0.3 is 0 Å². The quantitative estimate of drug-likeness (QED) is 0.890. The summed E-state index contributed by atoms with van der Waals surface area (Å²) in [5.74, 6) is -2.02. The van der Waals surface area contributed by atoms with Crippen LogP contribution in [0.5, 0.6) is 0 Å². The lowest BCUT2D eigenvalue weighted by Gasteiger charge is -2.14. The zero-order chi connectivity index (χ0) is 14.0. The van der Waals surface area contributed by atoms with E-state index in [2.05, 4.69) is 21.2 Å². The molecule has 104 valence electrons. The fraction of sp³-hybridized carbons (Fsp3) is 0.417. The molecule has 0 aliphatic carbocycles. The highest BCUT2D eigenvalue weighted by Crippen LogP contribution is 2.28. The SMILES string of the molecule is NCC1CCC(C(=O)Nc2c(F)cc(F)cc2Br)O1. The van der Waals surface area contributed by atoms with Gasteiger partial charge in [-0.05, 0) is 34.8 Å². The van der Waals surface area contributed by atoms with E-state index in [0.29, 0.717) is 25.5 Å². The first-order chi connectivity index (χ1) is 9.01. The highest BCUT2D eigenvalue weighted by molar-refractivity contribution is 9.10. The molecule has 0 bridgehead atoms. The number of carbonyl (C=O) groups excluding carboxylic acids is 1. The summed E-state index contributed by atoms with van der Waals surface area (Å²) in [5, 5.41) is 2.40. The van der Waals surface area contributed by atoms with Gasteiger partial charge in [-0.1, -0.05) is 0 Å². The molecule has 1 heterocycles.